The summed E-state index contributed by atoms with van der Waals surface area (Å²) in [4.78, 5) is 16.6. The van der Waals surface area contributed by atoms with Crippen molar-refractivity contribution in [2.45, 2.75) is 26.4 Å². The number of carbonyl (C=O) groups is 1. The van der Waals surface area contributed by atoms with Crippen molar-refractivity contribution in [2.75, 3.05) is 0 Å². The molecule has 6 heteroatoms. The highest BCUT2D eigenvalue weighted by Gasteiger charge is 2.48. The topological polar surface area (TPSA) is 70.6 Å². The average Bonchev–Trinajstić information content (AvgIpc) is 2.68. The van der Waals surface area contributed by atoms with Crippen molar-refractivity contribution < 1.29 is 14.7 Å². The maximum atomic E-state index is 11.1. The predicted octanol–water partition coefficient (Wildman–Crippen LogP) is 3.14. The highest BCUT2D eigenvalue weighted by molar-refractivity contribution is 6.31. The maximum absolute atomic E-state index is 11.1. The zero-order chi connectivity index (χ0) is 15.0. The molecule has 108 valence electrons. The molecule has 1 aliphatic heterocycles. The molecular weight excluding hydrogens is 280 g/mol. The highest BCUT2D eigenvalue weighted by Crippen LogP contribution is 2.43. The van der Waals surface area contributed by atoms with E-state index in [2.05, 4.69) is 10.8 Å². The van der Waals surface area contributed by atoms with Crippen LogP contribution in [0.15, 0.2) is 41.1 Å². The molecule has 0 aliphatic carbocycles. The van der Waals surface area contributed by atoms with Crippen molar-refractivity contribution in [1.82, 2.24) is 10.8 Å². The Kier molecular flexibility index (Phi) is 3.67. The van der Waals surface area contributed by atoms with Crippen molar-refractivity contribution in [3.8, 4) is 0 Å². The van der Waals surface area contributed by atoms with Crippen LogP contribution in [0.5, 0.6) is 0 Å². The minimum atomic E-state index is -1.28. The number of rotatable bonds is 2. The SMILES string of the molecule is CC(C)(C)C1=C(Cl)C(NC(=O)O)(c2ccccc2)NO1. The molecule has 1 aromatic carbocycles. The summed E-state index contributed by atoms with van der Waals surface area (Å²) < 4.78 is 0. The molecular formula is C14H17ClN2O3. The standard InChI is InChI=1S/C14H17ClN2O3/c1-13(2,3)11-10(15)14(17-20-11,16-12(18)19)9-7-5-4-6-8-9/h4-8,16-17H,1-3H3,(H,18,19). The van der Waals surface area contributed by atoms with Gasteiger partial charge in [-0.1, -0.05) is 62.7 Å². The number of amides is 1. The number of hydroxylamine groups is 1. The van der Waals surface area contributed by atoms with Gasteiger partial charge in [0, 0.05) is 11.0 Å². The Balaban J connectivity index is 2.57. The quantitative estimate of drug-likeness (QED) is 0.784. The first-order chi connectivity index (χ1) is 9.27. The van der Waals surface area contributed by atoms with Gasteiger partial charge in [0.15, 0.2) is 5.66 Å². The maximum Gasteiger partial charge on any atom is 0.406 e. The van der Waals surface area contributed by atoms with E-state index >= 15 is 0 Å². The van der Waals surface area contributed by atoms with Crippen molar-refractivity contribution in [2.24, 2.45) is 5.41 Å². The van der Waals surface area contributed by atoms with Crippen LogP contribution in [-0.2, 0) is 10.5 Å². The van der Waals surface area contributed by atoms with Gasteiger partial charge >= 0.3 is 6.09 Å². The van der Waals surface area contributed by atoms with Crippen LogP contribution >= 0.6 is 11.6 Å². The van der Waals surface area contributed by atoms with E-state index in [1.54, 1.807) is 12.1 Å². The van der Waals surface area contributed by atoms with Crippen LogP contribution in [0.3, 0.4) is 0 Å². The Morgan fingerprint density at radius 2 is 1.95 bits per heavy atom. The Bertz CT molecular complexity index is 551. The molecule has 20 heavy (non-hydrogen) atoms. The fraction of sp³-hybridized carbons (Fsp3) is 0.357. The lowest BCUT2D eigenvalue weighted by atomic mass is 9.90. The van der Waals surface area contributed by atoms with Crippen LogP contribution in [0, 0.1) is 5.41 Å². The molecule has 5 nitrogen and oxygen atoms in total. The minimum Gasteiger partial charge on any atom is -0.465 e. The molecule has 1 atom stereocenters. The lowest BCUT2D eigenvalue weighted by molar-refractivity contribution is 0.0382. The van der Waals surface area contributed by atoms with Crippen LogP contribution in [0.4, 0.5) is 4.79 Å². The molecule has 2 rings (SSSR count). The lowest BCUT2D eigenvalue weighted by Gasteiger charge is -2.28. The summed E-state index contributed by atoms with van der Waals surface area (Å²) in [7, 11) is 0. The van der Waals surface area contributed by atoms with Gasteiger partial charge in [-0.3, -0.25) is 5.32 Å². The molecule has 0 aromatic heterocycles. The molecule has 3 N–H and O–H groups in total. The van der Waals surface area contributed by atoms with E-state index in [1.807, 2.05) is 39.0 Å². The van der Waals surface area contributed by atoms with Crippen molar-refractivity contribution >= 4 is 17.7 Å². The molecule has 0 fully saturated rings. The van der Waals surface area contributed by atoms with Gasteiger partial charge in [0.25, 0.3) is 0 Å². The number of benzene rings is 1. The van der Waals surface area contributed by atoms with Gasteiger partial charge in [0.1, 0.15) is 10.8 Å². The van der Waals surface area contributed by atoms with E-state index in [1.165, 1.54) is 0 Å². The normalized spacial score (nSPS) is 22.6. The largest absolute Gasteiger partial charge is 0.465 e. The number of nitrogens with one attached hydrogen (secondary N) is 2. The third kappa shape index (κ3) is 2.46. The minimum absolute atomic E-state index is 0.290. The number of carboxylic acid groups (broad SMARTS) is 1. The molecule has 1 aromatic rings. The van der Waals surface area contributed by atoms with Crippen LogP contribution < -0.4 is 10.8 Å². The highest BCUT2D eigenvalue weighted by atomic mass is 35.5. The van der Waals surface area contributed by atoms with E-state index < -0.39 is 11.8 Å². The number of allylic oxidation sites excluding steroid dienone is 1. The summed E-state index contributed by atoms with van der Waals surface area (Å²) in [5.41, 5.74) is 1.76. The van der Waals surface area contributed by atoms with Gasteiger partial charge in [-0.05, 0) is 0 Å². The number of hydrogen-bond donors (Lipinski definition) is 3. The van der Waals surface area contributed by atoms with E-state index in [9.17, 15) is 4.79 Å². The van der Waals surface area contributed by atoms with E-state index in [4.69, 9.17) is 21.5 Å². The molecule has 0 spiro atoms. The lowest BCUT2D eigenvalue weighted by Crippen LogP contribution is -2.53. The van der Waals surface area contributed by atoms with Gasteiger partial charge in [-0.25, -0.2) is 4.79 Å². The predicted molar refractivity (Wildman–Crippen MR) is 75.8 cm³/mol. The molecule has 0 bridgehead atoms. The molecule has 1 unspecified atom stereocenters. The van der Waals surface area contributed by atoms with Crippen molar-refractivity contribution in [1.29, 1.82) is 0 Å². The van der Waals surface area contributed by atoms with Crippen LogP contribution in [-0.4, -0.2) is 11.2 Å². The fourth-order valence-corrected chi connectivity index (χ4v) is 2.57. The van der Waals surface area contributed by atoms with Crippen LogP contribution in [0.25, 0.3) is 0 Å². The van der Waals surface area contributed by atoms with Gasteiger partial charge < -0.3 is 9.94 Å². The zero-order valence-corrected chi connectivity index (χ0v) is 12.3. The summed E-state index contributed by atoms with van der Waals surface area (Å²) in [6.45, 7) is 5.82. The number of halogens is 1. The Labute approximate surface area is 122 Å². The summed E-state index contributed by atoms with van der Waals surface area (Å²) in [6, 6.07) is 9.01. The zero-order valence-electron chi connectivity index (χ0n) is 11.5. The van der Waals surface area contributed by atoms with Gasteiger partial charge in [0.2, 0.25) is 0 Å². The van der Waals surface area contributed by atoms with Crippen molar-refractivity contribution in [3.05, 3.63) is 46.7 Å². The molecule has 1 amide bonds. The van der Waals surface area contributed by atoms with Gasteiger partial charge in [-0.2, -0.15) is 0 Å². The first-order valence-corrected chi connectivity index (χ1v) is 6.56. The molecule has 0 saturated carbocycles. The second-order valence-electron chi connectivity index (χ2n) is 5.64. The molecule has 0 radical (unpaired) electrons. The molecule has 1 heterocycles. The second kappa shape index (κ2) is 5.00. The first kappa shape index (κ1) is 14.7. The smallest absolute Gasteiger partial charge is 0.406 e. The summed E-state index contributed by atoms with van der Waals surface area (Å²) >= 11 is 6.43. The summed E-state index contributed by atoms with van der Waals surface area (Å²) in [5, 5.41) is 11.8. The van der Waals surface area contributed by atoms with E-state index in [-0.39, 0.29) is 5.41 Å². The third-order valence-electron chi connectivity index (χ3n) is 3.02. The Morgan fingerprint density at radius 3 is 2.40 bits per heavy atom. The van der Waals surface area contributed by atoms with Crippen molar-refractivity contribution in [3.63, 3.8) is 0 Å². The van der Waals surface area contributed by atoms with Gasteiger partial charge in [-0.15, -0.1) is 5.48 Å². The second-order valence-corrected chi connectivity index (χ2v) is 6.02. The van der Waals surface area contributed by atoms with E-state index in [0.29, 0.717) is 16.4 Å². The van der Waals surface area contributed by atoms with E-state index in [0.717, 1.165) is 0 Å². The van der Waals surface area contributed by atoms with Crippen LogP contribution in [0.1, 0.15) is 26.3 Å². The third-order valence-corrected chi connectivity index (χ3v) is 3.47. The summed E-state index contributed by atoms with van der Waals surface area (Å²) in [5.74, 6) is 0.511. The first-order valence-electron chi connectivity index (χ1n) is 6.19. The monoisotopic (exact) mass is 296 g/mol. The van der Waals surface area contributed by atoms with Crippen LogP contribution in [0.2, 0.25) is 0 Å². The number of hydrogen-bond acceptors (Lipinski definition) is 3. The Morgan fingerprint density at radius 1 is 1.35 bits per heavy atom. The molecule has 1 aliphatic rings. The Hall–Kier alpha value is -1.72. The summed E-state index contributed by atoms with van der Waals surface area (Å²) in [6.07, 6.45) is -1.20. The fourth-order valence-electron chi connectivity index (χ4n) is 2.06. The van der Waals surface area contributed by atoms with Gasteiger partial charge in [0.05, 0.1) is 0 Å². The average molecular weight is 297 g/mol. The molecule has 0 saturated heterocycles.